The monoisotopic (exact) mass is 336 g/mol. The molecule has 0 amide bonds. The Kier molecular flexibility index (Phi) is 14.5. The Balaban J connectivity index is 3.45. The zero-order valence-corrected chi connectivity index (χ0v) is 13.5. The van der Waals surface area contributed by atoms with Gasteiger partial charge in [-0.2, -0.15) is 0 Å². The summed E-state index contributed by atoms with van der Waals surface area (Å²) in [6.07, 6.45) is 11.9. The van der Waals surface area contributed by atoms with Gasteiger partial charge in [0.2, 0.25) is 0 Å². The Morgan fingerprint density at radius 3 is 2.50 bits per heavy atom. The quantitative estimate of drug-likeness (QED) is 0.392. The first-order chi connectivity index (χ1) is 9.81. The zero-order chi connectivity index (χ0) is 14.9. The standard InChI is InChI=1S/C17H21BrO2/c1-20-17(19)15-13-11-9-7-5-3-2-4-6-8-10-12-14-16-18/h3,5,14,16H,2,4,6,8,11,13,15H2,1H3/b5-3+,16-14+. The van der Waals surface area contributed by atoms with E-state index in [4.69, 9.17) is 0 Å². The Bertz CT molecular complexity index is 427. The Morgan fingerprint density at radius 2 is 1.80 bits per heavy atom. The van der Waals surface area contributed by atoms with E-state index in [9.17, 15) is 4.79 Å². The Morgan fingerprint density at radius 1 is 1.10 bits per heavy atom. The van der Waals surface area contributed by atoms with Gasteiger partial charge in [0.1, 0.15) is 0 Å². The molecule has 0 saturated heterocycles. The van der Waals surface area contributed by atoms with Gasteiger partial charge in [-0.3, -0.25) is 4.79 Å². The van der Waals surface area contributed by atoms with E-state index in [2.05, 4.69) is 50.4 Å². The van der Waals surface area contributed by atoms with Crippen molar-refractivity contribution in [2.24, 2.45) is 0 Å². The summed E-state index contributed by atoms with van der Waals surface area (Å²) in [5.74, 6) is 11.8. The van der Waals surface area contributed by atoms with E-state index in [1.165, 1.54) is 7.11 Å². The van der Waals surface area contributed by atoms with Crippen LogP contribution in [0.1, 0.15) is 44.9 Å². The third kappa shape index (κ3) is 14.6. The number of hydrogen-bond acceptors (Lipinski definition) is 2. The maximum Gasteiger partial charge on any atom is 0.305 e. The first-order valence-electron chi connectivity index (χ1n) is 6.75. The van der Waals surface area contributed by atoms with Crippen molar-refractivity contribution in [3.05, 3.63) is 23.2 Å². The zero-order valence-electron chi connectivity index (χ0n) is 12.0. The highest BCUT2D eigenvalue weighted by Crippen LogP contribution is 2.00. The molecular formula is C17H21BrO2. The number of unbranched alkanes of at least 4 members (excludes halogenated alkanes) is 4. The predicted octanol–water partition coefficient (Wildman–Crippen LogP) is 4.36. The molecule has 0 aliphatic carbocycles. The molecule has 0 aromatic heterocycles. The topological polar surface area (TPSA) is 26.3 Å². The van der Waals surface area contributed by atoms with Crippen molar-refractivity contribution in [1.29, 1.82) is 0 Å². The molecule has 3 heteroatoms. The molecule has 0 bridgehead atoms. The molecule has 2 nitrogen and oxygen atoms in total. The molecule has 20 heavy (non-hydrogen) atoms. The highest BCUT2D eigenvalue weighted by molar-refractivity contribution is 9.11. The SMILES string of the molecule is COC(=O)CCCC#C/C=C/CCCCC#C/C=C/Br. The number of carbonyl (C=O) groups excluding carboxylic acids is 1. The number of halogens is 1. The van der Waals surface area contributed by atoms with Crippen LogP contribution in [0.4, 0.5) is 0 Å². The van der Waals surface area contributed by atoms with Crippen molar-refractivity contribution in [3.8, 4) is 23.7 Å². The number of methoxy groups -OCH3 is 1. The molecule has 0 aliphatic rings. The molecule has 108 valence electrons. The largest absolute Gasteiger partial charge is 0.469 e. The van der Waals surface area contributed by atoms with Crippen LogP contribution in [-0.2, 0) is 9.53 Å². The lowest BCUT2D eigenvalue weighted by Crippen LogP contribution is -1.98. The Labute approximate surface area is 130 Å². The summed E-state index contributed by atoms with van der Waals surface area (Å²) in [6.45, 7) is 0. The van der Waals surface area contributed by atoms with Crippen LogP contribution in [0.3, 0.4) is 0 Å². The van der Waals surface area contributed by atoms with E-state index in [-0.39, 0.29) is 5.97 Å². The van der Waals surface area contributed by atoms with Gasteiger partial charge in [0.25, 0.3) is 0 Å². The van der Waals surface area contributed by atoms with Crippen LogP contribution in [0.15, 0.2) is 23.2 Å². The van der Waals surface area contributed by atoms with Crippen molar-refractivity contribution in [3.63, 3.8) is 0 Å². The first-order valence-corrected chi connectivity index (χ1v) is 7.66. The number of allylic oxidation sites excluding steroid dienone is 3. The van der Waals surface area contributed by atoms with Crippen molar-refractivity contribution in [1.82, 2.24) is 0 Å². The molecule has 0 heterocycles. The second-order valence-corrected chi connectivity index (χ2v) is 4.54. The molecule has 0 aromatic carbocycles. The normalized spacial score (nSPS) is 9.90. The number of hydrogen-bond donors (Lipinski definition) is 0. The third-order valence-corrected chi connectivity index (χ3v) is 2.65. The maximum absolute atomic E-state index is 10.8. The lowest BCUT2D eigenvalue weighted by molar-refractivity contribution is -0.140. The molecular weight excluding hydrogens is 316 g/mol. The molecule has 0 unspecified atom stereocenters. The van der Waals surface area contributed by atoms with Crippen molar-refractivity contribution >= 4 is 21.9 Å². The fourth-order valence-corrected chi connectivity index (χ4v) is 1.47. The lowest BCUT2D eigenvalue weighted by Gasteiger charge is -1.93. The fourth-order valence-electron chi connectivity index (χ4n) is 1.33. The van der Waals surface area contributed by atoms with Crippen molar-refractivity contribution < 1.29 is 9.53 Å². The van der Waals surface area contributed by atoms with E-state index in [1.807, 2.05) is 6.08 Å². The number of esters is 1. The summed E-state index contributed by atoms with van der Waals surface area (Å²) in [5, 5.41) is 0. The Hall–Kier alpha value is -1.45. The minimum Gasteiger partial charge on any atom is -0.469 e. The number of carbonyl (C=O) groups is 1. The molecule has 0 saturated carbocycles. The fraction of sp³-hybridized carbons (Fsp3) is 0.471. The van der Waals surface area contributed by atoms with Crippen molar-refractivity contribution in [2.75, 3.05) is 7.11 Å². The first kappa shape index (κ1) is 18.6. The maximum atomic E-state index is 10.8. The lowest BCUT2D eigenvalue weighted by atomic mass is 10.2. The molecule has 0 spiro atoms. The van der Waals surface area contributed by atoms with Gasteiger partial charge in [0.15, 0.2) is 0 Å². The molecule has 0 atom stereocenters. The highest BCUT2D eigenvalue weighted by Gasteiger charge is 1.96. The molecule has 0 N–H and O–H groups in total. The van der Waals surface area contributed by atoms with E-state index < -0.39 is 0 Å². The van der Waals surface area contributed by atoms with E-state index >= 15 is 0 Å². The third-order valence-electron chi connectivity index (χ3n) is 2.38. The average Bonchev–Trinajstić information content (AvgIpc) is 2.47. The van der Waals surface area contributed by atoms with Gasteiger partial charge in [-0.05, 0) is 42.8 Å². The van der Waals surface area contributed by atoms with E-state index in [0.29, 0.717) is 6.42 Å². The molecule has 0 radical (unpaired) electrons. The average molecular weight is 337 g/mol. The minimum absolute atomic E-state index is 0.169. The molecule has 0 aromatic rings. The molecule has 0 rings (SSSR count). The number of rotatable bonds is 7. The van der Waals surface area contributed by atoms with Gasteiger partial charge in [-0.15, -0.1) is 0 Å². The predicted molar refractivity (Wildman–Crippen MR) is 87.1 cm³/mol. The second-order valence-electron chi connectivity index (χ2n) is 4.01. The van der Waals surface area contributed by atoms with Crippen LogP contribution in [0.25, 0.3) is 0 Å². The summed E-state index contributed by atoms with van der Waals surface area (Å²) in [7, 11) is 1.40. The molecule has 0 fully saturated rings. The highest BCUT2D eigenvalue weighted by atomic mass is 79.9. The molecule has 0 aliphatic heterocycles. The van der Waals surface area contributed by atoms with E-state index in [1.54, 1.807) is 11.1 Å². The van der Waals surface area contributed by atoms with Gasteiger partial charge in [0.05, 0.1) is 7.11 Å². The van der Waals surface area contributed by atoms with Crippen LogP contribution < -0.4 is 0 Å². The number of ether oxygens (including phenoxy) is 1. The second kappa shape index (κ2) is 15.6. The minimum atomic E-state index is -0.169. The summed E-state index contributed by atoms with van der Waals surface area (Å²) >= 11 is 3.17. The smallest absolute Gasteiger partial charge is 0.305 e. The van der Waals surface area contributed by atoms with Crippen LogP contribution in [0.2, 0.25) is 0 Å². The van der Waals surface area contributed by atoms with Crippen LogP contribution in [0.5, 0.6) is 0 Å². The van der Waals surface area contributed by atoms with Gasteiger partial charge in [-0.25, -0.2) is 0 Å². The van der Waals surface area contributed by atoms with Gasteiger partial charge in [-0.1, -0.05) is 45.7 Å². The van der Waals surface area contributed by atoms with Gasteiger partial charge in [0, 0.05) is 19.3 Å². The summed E-state index contributed by atoms with van der Waals surface area (Å²) in [5.41, 5.74) is 0. The van der Waals surface area contributed by atoms with Gasteiger partial charge >= 0.3 is 5.97 Å². The summed E-state index contributed by atoms with van der Waals surface area (Å²) in [4.78, 5) is 12.6. The summed E-state index contributed by atoms with van der Waals surface area (Å²) < 4.78 is 4.55. The summed E-state index contributed by atoms with van der Waals surface area (Å²) in [6, 6.07) is 0. The van der Waals surface area contributed by atoms with Crippen LogP contribution in [-0.4, -0.2) is 13.1 Å². The van der Waals surface area contributed by atoms with Crippen molar-refractivity contribution in [2.45, 2.75) is 44.9 Å². The van der Waals surface area contributed by atoms with E-state index in [0.717, 1.165) is 38.5 Å². The van der Waals surface area contributed by atoms with Gasteiger partial charge < -0.3 is 4.74 Å². The van der Waals surface area contributed by atoms with Crippen LogP contribution in [0, 0.1) is 23.7 Å². The van der Waals surface area contributed by atoms with Crippen LogP contribution >= 0.6 is 15.9 Å².